The fourth-order valence-electron chi connectivity index (χ4n) is 2.04. The van der Waals surface area contributed by atoms with Gasteiger partial charge in [0.2, 0.25) is 0 Å². The highest BCUT2D eigenvalue weighted by Gasteiger charge is 2.06. The van der Waals surface area contributed by atoms with Crippen molar-refractivity contribution in [2.75, 3.05) is 12.4 Å². The number of halogens is 1. The van der Waals surface area contributed by atoms with Crippen LogP contribution in [-0.2, 0) is 6.54 Å². The normalized spacial score (nSPS) is 10.8. The van der Waals surface area contributed by atoms with Gasteiger partial charge in [0.05, 0.1) is 7.11 Å². The molecule has 0 fully saturated rings. The second-order valence-corrected chi connectivity index (χ2v) is 4.98. The average Bonchev–Trinajstić information content (AvgIpc) is 2.87. The molecule has 21 heavy (non-hydrogen) atoms. The van der Waals surface area contributed by atoms with E-state index in [0.29, 0.717) is 11.6 Å². The number of nitrogens with one attached hydrogen (secondary N) is 1. The van der Waals surface area contributed by atoms with Gasteiger partial charge in [-0.1, -0.05) is 17.7 Å². The summed E-state index contributed by atoms with van der Waals surface area (Å²) in [5.74, 6) is 2.23. The lowest BCUT2D eigenvalue weighted by molar-refractivity contribution is 0.410. The summed E-state index contributed by atoms with van der Waals surface area (Å²) >= 11 is 5.95. The first kappa shape index (κ1) is 13.6. The number of rotatable bonds is 4. The van der Waals surface area contributed by atoms with Crippen molar-refractivity contribution in [3.05, 3.63) is 46.7 Å². The fraction of sp³-hybridized carbons (Fsp3) is 0.214. The average molecular weight is 304 g/mol. The quantitative estimate of drug-likeness (QED) is 0.803. The van der Waals surface area contributed by atoms with Gasteiger partial charge in [0.25, 0.3) is 0 Å². The molecule has 0 spiro atoms. The summed E-state index contributed by atoms with van der Waals surface area (Å²) in [5, 5.41) is 16.3. The molecule has 3 aromatic rings. The maximum Gasteiger partial charge on any atom is 0.178 e. The van der Waals surface area contributed by atoms with Crippen molar-refractivity contribution in [1.82, 2.24) is 19.8 Å². The van der Waals surface area contributed by atoms with Crippen LogP contribution in [0.1, 0.15) is 11.4 Å². The highest BCUT2D eigenvalue weighted by molar-refractivity contribution is 6.30. The molecule has 0 amide bonds. The lowest BCUT2D eigenvalue weighted by Crippen LogP contribution is -2.05. The Morgan fingerprint density at radius 3 is 2.90 bits per heavy atom. The van der Waals surface area contributed by atoms with Gasteiger partial charge in [0.15, 0.2) is 11.5 Å². The molecule has 0 aliphatic heterocycles. The molecule has 0 saturated carbocycles. The Kier molecular flexibility index (Phi) is 3.62. The van der Waals surface area contributed by atoms with Gasteiger partial charge in [-0.25, -0.2) is 0 Å². The Morgan fingerprint density at radius 1 is 1.24 bits per heavy atom. The number of hydrogen-bond donors (Lipinski definition) is 1. The lowest BCUT2D eigenvalue weighted by atomic mass is 10.2. The van der Waals surface area contributed by atoms with Gasteiger partial charge in [-0.3, -0.25) is 0 Å². The van der Waals surface area contributed by atoms with E-state index in [1.54, 1.807) is 17.7 Å². The molecule has 2 aromatic heterocycles. The topological polar surface area (TPSA) is 64.3 Å². The number of benzene rings is 1. The maximum atomic E-state index is 5.95. The van der Waals surface area contributed by atoms with Crippen molar-refractivity contribution >= 4 is 23.1 Å². The summed E-state index contributed by atoms with van der Waals surface area (Å²) in [6.45, 7) is 2.44. The van der Waals surface area contributed by atoms with E-state index in [9.17, 15) is 0 Å². The van der Waals surface area contributed by atoms with E-state index in [1.807, 2.05) is 31.2 Å². The van der Waals surface area contributed by atoms with Gasteiger partial charge in [0, 0.05) is 17.1 Å². The molecule has 7 heteroatoms. The Hall–Kier alpha value is -2.34. The number of nitrogens with zero attached hydrogens (tertiary/aromatic N) is 4. The van der Waals surface area contributed by atoms with Crippen molar-refractivity contribution in [3.63, 3.8) is 0 Å². The molecule has 0 aliphatic rings. The van der Waals surface area contributed by atoms with Crippen LogP contribution >= 0.6 is 11.6 Å². The van der Waals surface area contributed by atoms with Gasteiger partial charge >= 0.3 is 0 Å². The van der Waals surface area contributed by atoms with Crippen LogP contribution in [0.2, 0.25) is 5.02 Å². The summed E-state index contributed by atoms with van der Waals surface area (Å²) in [5.41, 5.74) is 1.73. The second-order valence-electron chi connectivity index (χ2n) is 4.55. The van der Waals surface area contributed by atoms with Crippen LogP contribution in [0.25, 0.3) is 5.65 Å². The van der Waals surface area contributed by atoms with Gasteiger partial charge < -0.3 is 10.1 Å². The third-order valence-electron chi connectivity index (χ3n) is 3.13. The Morgan fingerprint density at radius 2 is 2.10 bits per heavy atom. The SMILES string of the molecule is COc1cc(Cl)ccc1CNc1ccc2nnc(C)n2n1. The van der Waals surface area contributed by atoms with E-state index in [2.05, 4.69) is 20.6 Å². The standard InChI is InChI=1S/C14H14ClN5O/c1-9-17-18-14-6-5-13(19-20(9)14)16-8-10-3-4-11(15)7-12(10)21-2/h3-7H,8H2,1-2H3,(H,16,19). The molecule has 2 heterocycles. The minimum atomic E-state index is 0.583. The molecular formula is C14H14ClN5O. The van der Waals surface area contributed by atoms with Crippen LogP contribution in [0.5, 0.6) is 5.75 Å². The van der Waals surface area contributed by atoms with Crippen LogP contribution in [0, 0.1) is 6.92 Å². The fourth-order valence-corrected chi connectivity index (χ4v) is 2.20. The highest BCUT2D eigenvalue weighted by Crippen LogP contribution is 2.23. The first-order valence-electron chi connectivity index (χ1n) is 6.43. The smallest absolute Gasteiger partial charge is 0.178 e. The largest absolute Gasteiger partial charge is 0.496 e. The molecule has 108 valence electrons. The number of fused-ring (bicyclic) bond motifs is 1. The highest BCUT2D eigenvalue weighted by atomic mass is 35.5. The minimum absolute atomic E-state index is 0.583. The summed E-state index contributed by atoms with van der Waals surface area (Å²) in [6, 6.07) is 9.29. The molecule has 0 bridgehead atoms. The molecule has 1 N–H and O–H groups in total. The monoisotopic (exact) mass is 303 g/mol. The van der Waals surface area contributed by atoms with E-state index in [4.69, 9.17) is 16.3 Å². The summed E-state index contributed by atoms with van der Waals surface area (Å²) in [4.78, 5) is 0. The summed E-state index contributed by atoms with van der Waals surface area (Å²) < 4.78 is 7.02. The van der Waals surface area contributed by atoms with Crippen molar-refractivity contribution in [2.45, 2.75) is 13.5 Å². The Bertz CT molecular complexity index is 786. The summed E-state index contributed by atoms with van der Waals surface area (Å²) in [6.07, 6.45) is 0. The van der Waals surface area contributed by atoms with Crippen LogP contribution < -0.4 is 10.1 Å². The molecule has 0 aliphatic carbocycles. The first-order chi connectivity index (χ1) is 10.2. The predicted molar refractivity (Wildman–Crippen MR) is 80.8 cm³/mol. The number of methoxy groups -OCH3 is 1. The van der Waals surface area contributed by atoms with Gasteiger partial charge in [0.1, 0.15) is 11.6 Å². The molecule has 0 radical (unpaired) electrons. The van der Waals surface area contributed by atoms with Crippen molar-refractivity contribution in [2.24, 2.45) is 0 Å². The van der Waals surface area contributed by atoms with Gasteiger partial charge in [-0.2, -0.15) is 4.52 Å². The number of anilines is 1. The lowest BCUT2D eigenvalue weighted by Gasteiger charge is -2.10. The molecule has 0 saturated heterocycles. The van der Waals surface area contributed by atoms with Gasteiger partial charge in [-0.15, -0.1) is 15.3 Å². The van der Waals surface area contributed by atoms with E-state index < -0.39 is 0 Å². The molecule has 0 atom stereocenters. The van der Waals surface area contributed by atoms with E-state index in [0.717, 1.165) is 28.6 Å². The maximum absolute atomic E-state index is 5.95. The number of ether oxygens (including phenoxy) is 1. The summed E-state index contributed by atoms with van der Waals surface area (Å²) in [7, 11) is 1.62. The van der Waals surface area contributed by atoms with Crippen molar-refractivity contribution in [1.29, 1.82) is 0 Å². The zero-order valence-electron chi connectivity index (χ0n) is 11.7. The van der Waals surface area contributed by atoms with E-state index >= 15 is 0 Å². The number of aryl methyl sites for hydroxylation is 1. The minimum Gasteiger partial charge on any atom is -0.496 e. The zero-order valence-corrected chi connectivity index (χ0v) is 12.4. The molecule has 0 unspecified atom stereocenters. The van der Waals surface area contributed by atoms with E-state index in [1.165, 1.54) is 0 Å². The predicted octanol–water partition coefficient (Wildman–Crippen LogP) is 2.71. The first-order valence-corrected chi connectivity index (χ1v) is 6.80. The second kappa shape index (κ2) is 5.57. The van der Waals surface area contributed by atoms with Crippen LogP contribution in [0.3, 0.4) is 0 Å². The Balaban J connectivity index is 1.81. The van der Waals surface area contributed by atoms with E-state index in [-0.39, 0.29) is 0 Å². The van der Waals surface area contributed by atoms with Crippen molar-refractivity contribution in [3.8, 4) is 5.75 Å². The van der Waals surface area contributed by atoms with Crippen LogP contribution in [-0.4, -0.2) is 26.9 Å². The third-order valence-corrected chi connectivity index (χ3v) is 3.36. The molecular weight excluding hydrogens is 290 g/mol. The number of hydrogen-bond acceptors (Lipinski definition) is 5. The van der Waals surface area contributed by atoms with Crippen LogP contribution in [0.15, 0.2) is 30.3 Å². The molecule has 1 aromatic carbocycles. The number of aromatic nitrogens is 4. The Labute approximate surface area is 126 Å². The molecule has 3 rings (SSSR count). The molecule has 6 nitrogen and oxygen atoms in total. The van der Waals surface area contributed by atoms with Gasteiger partial charge in [-0.05, 0) is 31.2 Å². The zero-order chi connectivity index (χ0) is 14.8. The third kappa shape index (κ3) is 2.75. The van der Waals surface area contributed by atoms with Crippen molar-refractivity contribution < 1.29 is 4.74 Å². The van der Waals surface area contributed by atoms with Crippen LogP contribution in [0.4, 0.5) is 5.82 Å².